The molecule has 0 aliphatic rings. The molecule has 0 aliphatic heterocycles. The maximum atomic E-state index is 11.2. The number of carbonyl (C=O) groups is 2. The van der Waals surface area contributed by atoms with Crippen LogP contribution < -0.4 is 0 Å². The zero-order chi connectivity index (χ0) is 20.5. The van der Waals surface area contributed by atoms with Crippen LogP contribution in [0.2, 0.25) is 0 Å². The molecule has 0 atom stereocenters. The van der Waals surface area contributed by atoms with Crippen molar-refractivity contribution >= 4 is 41.5 Å². The average molecular weight is 411 g/mol. The largest absolute Gasteiger partial charge is 0.508 e. The number of carboxylic acids is 2. The number of hydrogen-bond acceptors (Lipinski definition) is 6. The first-order chi connectivity index (χ1) is 13.3. The van der Waals surface area contributed by atoms with Crippen molar-refractivity contribution in [1.29, 1.82) is 0 Å². The number of rotatable bonds is 11. The van der Waals surface area contributed by atoms with E-state index in [0.717, 1.165) is 0 Å². The summed E-state index contributed by atoms with van der Waals surface area (Å²) in [6, 6.07) is 13.4. The van der Waals surface area contributed by atoms with Gasteiger partial charge >= 0.3 is 11.9 Å². The van der Waals surface area contributed by atoms with E-state index in [9.17, 15) is 19.8 Å². The van der Waals surface area contributed by atoms with Crippen LogP contribution in [0.4, 0.5) is 0 Å². The van der Waals surface area contributed by atoms with E-state index in [1.807, 2.05) is 0 Å². The molecule has 0 aliphatic carbocycles. The Morgan fingerprint density at radius 3 is 1.34 bits per heavy atom. The Hall–Kier alpha value is -2.10. The molecule has 29 heavy (non-hydrogen) atoms. The minimum absolute atomic E-state index is 0. The summed E-state index contributed by atoms with van der Waals surface area (Å²) < 4.78 is 0. The van der Waals surface area contributed by atoms with Gasteiger partial charge in [0.1, 0.15) is 11.5 Å². The standard InChI is InChI=1S/C20H24N2O6.Na/c23-17-7-3-1-5-15(17)11-21(13-19(25)26)9-10-22(14-20(27)28)12-16-6-2-4-8-18(16)24;/h1-8,23-24H,9-14H2,(H,25,26)(H,27,28);. The Morgan fingerprint density at radius 1 is 0.690 bits per heavy atom. The van der Waals surface area contributed by atoms with Crippen molar-refractivity contribution in [2.24, 2.45) is 0 Å². The van der Waals surface area contributed by atoms with Crippen molar-refractivity contribution < 1.29 is 30.0 Å². The molecule has 0 fully saturated rings. The Labute approximate surface area is 191 Å². The Bertz CT molecular complexity index is 750. The molecule has 2 aromatic rings. The van der Waals surface area contributed by atoms with Crippen molar-refractivity contribution in [2.45, 2.75) is 13.1 Å². The third-order valence-corrected chi connectivity index (χ3v) is 4.22. The first kappa shape index (κ1) is 24.9. The van der Waals surface area contributed by atoms with Crippen LogP contribution in [0.15, 0.2) is 48.5 Å². The van der Waals surface area contributed by atoms with Gasteiger partial charge < -0.3 is 20.4 Å². The van der Waals surface area contributed by atoms with E-state index < -0.39 is 11.9 Å². The number of phenols is 2. The topological polar surface area (TPSA) is 122 Å². The summed E-state index contributed by atoms with van der Waals surface area (Å²) in [4.78, 5) is 25.6. The number of hydrogen-bond donors (Lipinski definition) is 4. The number of phenolic OH excluding ortho intramolecular Hbond substituents is 2. The van der Waals surface area contributed by atoms with Gasteiger partial charge in [-0.1, -0.05) is 36.4 Å². The van der Waals surface area contributed by atoms with E-state index >= 15 is 0 Å². The van der Waals surface area contributed by atoms with Crippen LogP contribution in [0.25, 0.3) is 0 Å². The van der Waals surface area contributed by atoms with E-state index in [1.54, 1.807) is 46.2 Å². The Morgan fingerprint density at radius 2 is 1.03 bits per heavy atom. The molecule has 0 bridgehead atoms. The second-order valence-electron chi connectivity index (χ2n) is 6.47. The van der Waals surface area contributed by atoms with E-state index in [0.29, 0.717) is 11.1 Å². The molecule has 0 heterocycles. The monoisotopic (exact) mass is 411 g/mol. The van der Waals surface area contributed by atoms with Gasteiger partial charge in [-0.15, -0.1) is 0 Å². The van der Waals surface area contributed by atoms with Crippen molar-refractivity contribution in [2.75, 3.05) is 26.2 Å². The normalized spacial score (nSPS) is 10.7. The number of aliphatic carboxylic acids is 2. The predicted octanol–water partition coefficient (Wildman–Crippen LogP) is 1.19. The maximum Gasteiger partial charge on any atom is 0.317 e. The van der Waals surface area contributed by atoms with Crippen LogP contribution in [-0.4, -0.2) is 97.9 Å². The molecule has 2 aromatic carbocycles. The summed E-state index contributed by atoms with van der Waals surface area (Å²) in [5.74, 6) is -1.87. The molecule has 2 rings (SSSR count). The number of aromatic hydroxyl groups is 2. The number of benzene rings is 2. The van der Waals surface area contributed by atoms with Crippen LogP contribution in [0.5, 0.6) is 11.5 Å². The van der Waals surface area contributed by atoms with Crippen molar-refractivity contribution in [3.05, 3.63) is 59.7 Å². The Balaban J connectivity index is 0.00000420. The van der Waals surface area contributed by atoms with E-state index in [-0.39, 0.29) is 80.3 Å². The first-order valence-electron chi connectivity index (χ1n) is 8.77. The molecule has 8 nitrogen and oxygen atoms in total. The molecule has 0 amide bonds. The van der Waals surface area contributed by atoms with Gasteiger partial charge in [0.2, 0.25) is 0 Å². The molecule has 4 N–H and O–H groups in total. The van der Waals surface area contributed by atoms with Crippen molar-refractivity contribution in [3.63, 3.8) is 0 Å². The van der Waals surface area contributed by atoms with Crippen molar-refractivity contribution in [3.8, 4) is 11.5 Å². The van der Waals surface area contributed by atoms with Crippen LogP contribution in [-0.2, 0) is 22.7 Å². The number of carboxylic acid groups (broad SMARTS) is 2. The summed E-state index contributed by atoms with van der Waals surface area (Å²) in [6.45, 7) is 0.508. The predicted molar refractivity (Wildman–Crippen MR) is 108 cm³/mol. The SMILES string of the molecule is O=C(O)CN(CCN(CC(=O)O)Cc1ccccc1O)Cc1ccccc1O.[Na]. The van der Waals surface area contributed by atoms with Crippen LogP contribution in [0.1, 0.15) is 11.1 Å². The molecule has 9 heteroatoms. The third-order valence-electron chi connectivity index (χ3n) is 4.22. The van der Waals surface area contributed by atoms with E-state index in [4.69, 9.17) is 10.2 Å². The molecule has 151 valence electrons. The maximum absolute atomic E-state index is 11.2. The molecule has 0 spiro atoms. The third kappa shape index (κ3) is 8.84. The fourth-order valence-electron chi connectivity index (χ4n) is 2.86. The van der Waals surface area contributed by atoms with Crippen molar-refractivity contribution in [1.82, 2.24) is 9.80 Å². The zero-order valence-electron chi connectivity index (χ0n) is 16.4. The van der Waals surface area contributed by atoms with E-state index in [1.165, 1.54) is 12.1 Å². The molecule has 0 saturated heterocycles. The summed E-state index contributed by atoms with van der Waals surface area (Å²) in [6.07, 6.45) is 0. The minimum Gasteiger partial charge on any atom is -0.508 e. The zero-order valence-corrected chi connectivity index (χ0v) is 18.4. The van der Waals surface area contributed by atoms with Gasteiger partial charge in [-0.3, -0.25) is 19.4 Å². The van der Waals surface area contributed by atoms with E-state index in [2.05, 4.69) is 0 Å². The Kier molecular flexibility index (Phi) is 10.7. The van der Waals surface area contributed by atoms with Gasteiger partial charge in [0, 0.05) is 66.9 Å². The van der Waals surface area contributed by atoms with Gasteiger partial charge in [-0.25, -0.2) is 0 Å². The van der Waals surface area contributed by atoms with Gasteiger partial charge in [-0.05, 0) is 12.1 Å². The summed E-state index contributed by atoms with van der Waals surface area (Å²) in [5.41, 5.74) is 1.18. The summed E-state index contributed by atoms with van der Waals surface area (Å²) >= 11 is 0. The second kappa shape index (κ2) is 12.5. The number of para-hydroxylation sites is 2. The quantitative estimate of drug-likeness (QED) is 0.407. The van der Waals surface area contributed by atoms with Gasteiger partial charge in [-0.2, -0.15) is 0 Å². The van der Waals surface area contributed by atoms with Gasteiger partial charge in [0.15, 0.2) is 0 Å². The van der Waals surface area contributed by atoms with Crippen LogP contribution in [0.3, 0.4) is 0 Å². The van der Waals surface area contributed by atoms with Crippen LogP contribution >= 0.6 is 0 Å². The molecule has 0 saturated carbocycles. The molecule has 0 unspecified atom stereocenters. The molecular weight excluding hydrogens is 387 g/mol. The van der Waals surface area contributed by atoms with Gasteiger partial charge in [0.25, 0.3) is 0 Å². The summed E-state index contributed by atoms with van der Waals surface area (Å²) in [5, 5.41) is 38.2. The average Bonchev–Trinajstić information content (AvgIpc) is 2.62. The molecular formula is C20H24N2NaO6. The first-order valence-corrected chi connectivity index (χ1v) is 8.77. The minimum atomic E-state index is -1.01. The second-order valence-corrected chi connectivity index (χ2v) is 6.47. The van der Waals surface area contributed by atoms with Crippen LogP contribution in [0, 0.1) is 0 Å². The molecule has 0 aromatic heterocycles. The smallest absolute Gasteiger partial charge is 0.317 e. The molecule has 1 radical (unpaired) electrons. The fourth-order valence-corrected chi connectivity index (χ4v) is 2.86. The number of nitrogens with zero attached hydrogens (tertiary/aromatic N) is 2. The summed E-state index contributed by atoms with van der Waals surface area (Å²) in [7, 11) is 0. The van der Waals surface area contributed by atoms with Gasteiger partial charge in [0.05, 0.1) is 13.1 Å². The fraction of sp³-hybridized carbons (Fsp3) is 0.300.